The van der Waals surface area contributed by atoms with Crippen LogP contribution in [-0.4, -0.2) is 63.6 Å². The Morgan fingerprint density at radius 2 is 1.73 bits per heavy atom. The van der Waals surface area contributed by atoms with E-state index in [-0.39, 0.29) is 13.2 Å². The Morgan fingerprint density at radius 1 is 0.929 bits per heavy atom. The molecular formula is C45H48ClN5O5. The van der Waals surface area contributed by atoms with Gasteiger partial charge in [0, 0.05) is 55.4 Å². The van der Waals surface area contributed by atoms with Crippen molar-refractivity contribution in [2.75, 3.05) is 26.7 Å². The summed E-state index contributed by atoms with van der Waals surface area (Å²) in [4.78, 5) is 24.9. The van der Waals surface area contributed by atoms with Crippen molar-refractivity contribution < 1.29 is 24.1 Å². The van der Waals surface area contributed by atoms with Gasteiger partial charge in [-0.2, -0.15) is 5.26 Å². The number of likely N-dealkylation sites (tertiary alicyclic amines) is 1. The highest BCUT2D eigenvalue weighted by Gasteiger charge is 2.29. The summed E-state index contributed by atoms with van der Waals surface area (Å²) in [6.07, 6.45) is 8.26. The first kappa shape index (κ1) is 40.2. The van der Waals surface area contributed by atoms with Crippen molar-refractivity contribution >= 4 is 17.6 Å². The number of hydrogen-bond acceptors (Lipinski definition) is 9. The number of carboxylic acid groups (broad SMARTS) is 1. The summed E-state index contributed by atoms with van der Waals surface area (Å²) in [5.74, 6) is 1.01. The maximum Gasteiger partial charge on any atom is 0.320 e. The fourth-order valence-corrected chi connectivity index (χ4v) is 7.37. The quantitative estimate of drug-likeness (QED) is 0.0919. The molecule has 2 aromatic heterocycles. The molecule has 1 atom stereocenters. The first-order valence-corrected chi connectivity index (χ1v) is 19.4. The zero-order valence-corrected chi connectivity index (χ0v) is 33.0. The summed E-state index contributed by atoms with van der Waals surface area (Å²) in [6.45, 7) is 7.93. The Kier molecular flexibility index (Phi) is 13.9. The van der Waals surface area contributed by atoms with Gasteiger partial charge in [-0.3, -0.25) is 19.7 Å². The van der Waals surface area contributed by atoms with E-state index < -0.39 is 12.0 Å². The third-order valence-electron chi connectivity index (χ3n) is 10.2. The predicted molar refractivity (Wildman–Crippen MR) is 217 cm³/mol. The normalized spacial score (nSPS) is 14.3. The van der Waals surface area contributed by atoms with Gasteiger partial charge in [-0.05, 0) is 105 Å². The van der Waals surface area contributed by atoms with Crippen molar-refractivity contribution in [3.8, 4) is 34.4 Å². The molecule has 5 aromatic rings. The SMILES string of the molecule is Cc1c(COc2cc(OCc3cncc(C#N)c3)c(CN3CCCC[C@H]3C(=O)O)cc2Cl)cccc1-c1cccc(OCCCN(C)Cc2ccccn2)c1C. The molecule has 0 aliphatic carbocycles. The molecule has 1 N–H and O–H groups in total. The second kappa shape index (κ2) is 19.4. The van der Waals surface area contributed by atoms with Gasteiger partial charge in [0.15, 0.2) is 0 Å². The van der Waals surface area contributed by atoms with Gasteiger partial charge < -0.3 is 24.2 Å². The van der Waals surface area contributed by atoms with Gasteiger partial charge in [0.05, 0.1) is 22.9 Å². The van der Waals surface area contributed by atoms with Crippen molar-refractivity contribution in [2.45, 2.75) is 71.9 Å². The van der Waals surface area contributed by atoms with Crippen molar-refractivity contribution in [1.29, 1.82) is 5.26 Å². The van der Waals surface area contributed by atoms with Gasteiger partial charge in [-0.15, -0.1) is 0 Å². The van der Waals surface area contributed by atoms with Crippen LogP contribution in [0.1, 0.15) is 64.8 Å². The summed E-state index contributed by atoms with van der Waals surface area (Å²) >= 11 is 6.87. The molecule has 0 spiro atoms. The molecule has 0 saturated carbocycles. The zero-order valence-electron chi connectivity index (χ0n) is 32.2. The molecule has 0 radical (unpaired) electrons. The Bertz CT molecular complexity index is 2160. The Labute approximate surface area is 334 Å². The summed E-state index contributed by atoms with van der Waals surface area (Å²) < 4.78 is 19.0. The van der Waals surface area contributed by atoms with Crippen LogP contribution >= 0.6 is 11.6 Å². The number of halogens is 1. The molecule has 1 saturated heterocycles. The van der Waals surface area contributed by atoms with Crippen LogP contribution in [0, 0.1) is 25.2 Å². The highest BCUT2D eigenvalue weighted by Crippen LogP contribution is 2.37. The van der Waals surface area contributed by atoms with Crippen molar-refractivity contribution in [2.24, 2.45) is 0 Å². The fourth-order valence-electron chi connectivity index (χ4n) is 7.13. The largest absolute Gasteiger partial charge is 0.493 e. The first-order valence-electron chi connectivity index (χ1n) is 19.0. The molecule has 11 heteroatoms. The summed E-state index contributed by atoms with van der Waals surface area (Å²) in [7, 11) is 2.10. The Balaban J connectivity index is 1.16. The van der Waals surface area contributed by atoms with E-state index in [4.69, 9.17) is 25.8 Å². The molecule has 0 bridgehead atoms. The number of benzene rings is 3. The van der Waals surface area contributed by atoms with Crippen LogP contribution in [-0.2, 0) is 31.1 Å². The lowest BCUT2D eigenvalue weighted by molar-refractivity contribution is -0.144. The van der Waals surface area contributed by atoms with Crippen LogP contribution in [0.2, 0.25) is 5.02 Å². The number of rotatable bonds is 17. The smallest absolute Gasteiger partial charge is 0.320 e. The molecule has 1 aliphatic heterocycles. The lowest BCUT2D eigenvalue weighted by atomic mass is 9.93. The lowest BCUT2D eigenvalue weighted by Gasteiger charge is -2.33. The van der Waals surface area contributed by atoms with Gasteiger partial charge in [0.25, 0.3) is 0 Å². The molecule has 6 rings (SSSR count). The highest BCUT2D eigenvalue weighted by atomic mass is 35.5. The van der Waals surface area contributed by atoms with E-state index in [2.05, 4.69) is 54.0 Å². The van der Waals surface area contributed by atoms with E-state index >= 15 is 0 Å². The Hall–Kier alpha value is -5.47. The monoisotopic (exact) mass is 773 g/mol. The van der Waals surface area contributed by atoms with Gasteiger partial charge in [-0.25, -0.2) is 0 Å². The molecule has 3 heterocycles. The lowest BCUT2D eigenvalue weighted by Crippen LogP contribution is -2.44. The maximum absolute atomic E-state index is 12.1. The average molecular weight is 774 g/mol. The number of carbonyl (C=O) groups is 1. The standard InChI is InChI=1S/C45H48ClN5O5/c1-31-35(11-8-13-38(31)39-14-9-16-42(32(39)2)54-20-10-18-50(3)28-37-12-4-6-17-49-37)30-56-44-23-43(55-29-34-21-33(24-47)25-48-26-34)36(22-40(44)46)27-51-19-7-5-15-41(51)45(52)53/h4,6,8-9,11-14,16-17,21-23,25-26,41H,5,7,10,15,18-20,27-30H2,1-3H3,(H,52,53)/t41-/m0/s1. The van der Waals surface area contributed by atoms with E-state index in [1.807, 2.05) is 53.6 Å². The molecule has 290 valence electrons. The topological polar surface area (TPSA) is 121 Å². The highest BCUT2D eigenvalue weighted by molar-refractivity contribution is 6.32. The van der Waals surface area contributed by atoms with Crippen LogP contribution in [0.15, 0.2) is 91.4 Å². The number of piperidine rings is 1. The summed E-state index contributed by atoms with van der Waals surface area (Å²) in [5.41, 5.74) is 8.33. The molecular weight excluding hydrogens is 726 g/mol. The van der Waals surface area contributed by atoms with Crippen molar-refractivity contribution in [1.82, 2.24) is 19.8 Å². The van der Waals surface area contributed by atoms with E-state index in [0.29, 0.717) is 48.2 Å². The Morgan fingerprint density at radius 3 is 2.52 bits per heavy atom. The first-order chi connectivity index (χ1) is 27.2. The number of pyridine rings is 2. The number of ether oxygens (including phenoxy) is 3. The van der Waals surface area contributed by atoms with Crippen LogP contribution in [0.4, 0.5) is 0 Å². The average Bonchev–Trinajstić information content (AvgIpc) is 3.20. The van der Waals surface area contributed by atoms with Crippen molar-refractivity contribution in [3.63, 3.8) is 0 Å². The molecule has 0 amide bonds. The second-order valence-corrected chi connectivity index (χ2v) is 14.7. The molecule has 56 heavy (non-hydrogen) atoms. The predicted octanol–water partition coefficient (Wildman–Crippen LogP) is 8.78. The van der Waals surface area contributed by atoms with Gasteiger partial charge >= 0.3 is 5.97 Å². The van der Waals surface area contributed by atoms with Gasteiger partial charge in [0.2, 0.25) is 0 Å². The summed E-state index contributed by atoms with van der Waals surface area (Å²) in [5, 5.41) is 19.7. The van der Waals surface area contributed by atoms with Crippen molar-refractivity contribution in [3.05, 3.63) is 135 Å². The minimum absolute atomic E-state index is 0.158. The minimum Gasteiger partial charge on any atom is -0.493 e. The molecule has 0 unspecified atom stereocenters. The third kappa shape index (κ3) is 10.4. The molecule has 1 aliphatic rings. The van der Waals surface area contributed by atoms with Gasteiger partial charge in [-0.1, -0.05) is 54.4 Å². The van der Waals surface area contributed by atoms with E-state index in [1.165, 1.54) is 6.20 Å². The van der Waals surface area contributed by atoms with Crippen LogP contribution in [0.5, 0.6) is 17.2 Å². The molecule has 1 fully saturated rings. The van der Waals surface area contributed by atoms with Crippen LogP contribution in [0.25, 0.3) is 11.1 Å². The number of nitrogens with zero attached hydrogens (tertiary/aromatic N) is 5. The zero-order chi connectivity index (χ0) is 39.4. The molecule has 10 nitrogen and oxygen atoms in total. The van der Waals surface area contributed by atoms with E-state index in [9.17, 15) is 15.2 Å². The number of aromatic nitrogens is 2. The third-order valence-corrected chi connectivity index (χ3v) is 10.5. The minimum atomic E-state index is -0.832. The number of carboxylic acids is 1. The van der Waals surface area contributed by atoms with Gasteiger partial charge in [0.1, 0.15) is 42.6 Å². The second-order valence-electron chi connectivity index (χ2n) is 14.3. The fraction of sp³-hybridized carbons (Fsp3) is 0.333. The van der Waals surface area contributed by atoms with Crippen LogP contribution in [0.3, 0.4) is 0 Å². The van der Waals surface area contributed by atoms with E-state index in [1.54, 1.807) is 24.4 Å². The number of hydrogen-bond donors (Lipinski definition) is 1. The molecule has 3 aromatic carbocycles. The number of aliphatic carboxylic acids is 1. The van der Waals surface area contributed by atoms with Crippen LogP contribution < -0.4 is 14.2 Å². The number of nitriles is 1. The maximum atomic E-state index is 12.1. The summed E-state index contributed by atoms with van der Waals surface area (Å²) in [6, 6.07) is 25.2. The van der Waals surface area contributed by atoms with E-state index in [0.717, 1.165) is 82.7 Å².